The molecule has 180 valence electrons. The van der Waals surface area contributed by atoms with Gasteiger partial charge in [-0.1, -0.05) is 60.1 Å². The molecule has 0 bridgehead atoms. The first kappa shape index (κ1) is 24.7. The lowest BCUT2D eigenvalue weighted by Gasteiger charge is -2.19. The predicted octanol–water partition coefficient (Wildman–Crippen LogP) is 5.56. The molecule has 1 aliphatic carbocycles. The first-order valence-corrected chi connectivity index (χ1v) is 11.7. The van der Waals surface area contributed by atoms with E-state index in [0.717, 1.165) is 34.4 Å². The van der Waals surface area contributed by atoms with E-state index < -0.39 is 36.2 Å². The van der Waals surface area contributed by atoms with Crippen LogP contribution in [0.25, 0.3) is 11.1 Å². The van der Waals surface area contributed by atoms with Crippen LogP contribution < -0.4 is 10.6 Å². The van der Waals surface area contributed by atoms with E-state index in [0.29, 0.717) is 0 Å². The highest BCUT2D eigenvalue weighted by Gasteiger charge is 2.30. The van der Waals surface area contributed by atoms with Gasteiger partial charge < -0.3 is 20.5 Å². The van der Waals surface area contributed by atoms with Gasteiger partial charge in [0, 0.05) is 10.4 Å². The number of anilines is 1. The average Bonchev–Trinajstić information content (AvgIpc) is 3.13. The minimum atomic E-state index is -1.46. The number of carbonyl (C=O) groups is 3. The van der Waals surface area contributed by atoms with Crippen LogP contribution in [-0.4, -0.2) is 35.7 Å². The normalized spacial score (nSPS) is 12.9. The Kier molecular flexibility index (Phi) is 7.37. The first-order chi connectivity index (χ1) is 16.7. The maximum Gasteiger partial charge on any atom is 0.407 e. The number of carbonyl (C=O) groups excluding carboxylic acids is 2. The number of carboxylic acids is 1. The Morgan fingerprint density at radius 3 is 2.23 bits per heavy atom. The molecule has 35 heavy (non-hydrogen) atoms. The number of hydrogen-bond donors (Lipinski definition) is 3. The monoisotopic (exact) mass is 560 g/mol. The van der Waals surface area contributed by atoms with Crippen molar-refractivity contribution in [3.8, 4) is 11.1 Å². The molecule has 0 aliphatic heterocycles. The maximum atomic E-state index is 13.5. The summed E-state index contributed by atoms with van der Waals surface area (Å²) in [5.41, 5.74) is 4.18. The summed E-state index contributed by atoms with van der Waals surface area (Å²) in [5, 5.41) is 13.9. The highest BCUT2D eigenvalue weighted by Crippen LogP contribution is 2.44. The number of ether oxygens (including phenoxy) is 1. The van der Waals surface area contributed by atoms with Crippen LogP contribution in [0.2, 0.25) is 5.02 Å². The van der Waals surface area contributed by atoms with Crippen molar-refractivity contribution in [1.29, 1.82) is 0 Å². The summed E-state index contributed by atoms with van der Waals surface area (Å²) >= 11 is 9.09. The molecule has 4 rings (SSSR count). The van der Waals surface area contributed by atoms with Crippen LogP contribution in [-0.2, 0) is 14.3 Å². The Morgan fingerprint density at radius 1 is 1.06 bits per heavy atom. The number of benzene rings is 3. The van der Waals surface area contributed by atoms with Gasteiger partial charge in [0.2, 0.25) is 5.91 Å². The van der Waals surface area contributed by atoms with Crippen LogP contribution in [0.1, 0.15) is 23.5 Å². The second-order valence-electron chi connectivity index (χ2n) is 7.85. The lowest BCUT2D eigenvalue weighted by molar-refractivity contribution is -0.139. The lowest BCUT2D eigenvalue weighted by atomic mass is 9.98. The van der Waals surface area contributed by atoms with E-state index in [1.165, 1.54) is 0 Å². The molecule has 0 aromatic heterocycles. The SMILES string of the molecule is O=C(O)CC(NC(=O)OCC1c2ccccc2-c2ccccc21)C(=O)Nc1c(Cl)cc(F)cc1Br. The number of halogens is 3. The molecule has 3 N–H and O–H groups in total. The summed E-state index contributed by atoms with van der Waals surface area (Å²) in [6, 6.07) is 16.2. The van der Waals surface area contributed by atoms with Crippen LogP contribution in [0.3, 0.4) is 0 Å². The van der Waals surface area contributed by atoms with Crippen molar-refractivity contribution in [3.05, 3.63) is 87.1 Å². The van der Waals surface area contributed by atoms with Gasteiger partial charge in [0.05, 0.1) is 17.1 Å². The van der Waals surface area contributed by atoms with Gasteiger partial charge in [-0.05, 0) is 50.3 Å². The number of fused-ring (bicyclic) bond motifs is 3. The maximum absolute atomic E-state index is 13.5. The van der Waals surface area contributed by atoms with E-state index in [1.807, 2.05) is 48.5 Å². The van der Waals surface area contributed by atoms with Crippen LogP contribution in [0.4, 0.5) is 14.9 Å². The Hall–Kier alpha value is -3.43. The summed E-state index contributed by atoms with van der Waals surface area (Å²) in [6.45, 7) is -0.00336. The molecule has 10 heteroatoms. The van der Waals surface area contributed by atoms with Crippen LogP contribution in [0, 0.1) is 5.82 Å². The van der Waals surface area contributed by atoms with Crippen LogP contribution >= 0.6 is 27.5 Å². The number of alkyl carbamates (subject to hydrolysis) is 1. The molecule has 3 aromatic rings. The van der Waals surface area contributed by atoms with Crippen molar-refractivity contribution >= 4 is 51.2 Å². The second-order valence-corrected chi connectivity index (χ2v) is 9.12. The quantitative estimate of drug-likeness (QED) is 0.350. The minimum Gasteiger partial charge on any atom is -0.481 e. The second kappa shape index (κ2) is 10.5. The smallest absolute Gasteiger partial charge is 0.407 e. The number of aliphatic carboxylic acids is 1. The fourth-order valence-corrected chi connectivity index (χ4v) is 4.94. The van der Waals surface area contributed by atoms with Crippen molar-refractivity contribution < 1.29 is 28.6 Å². The predicted molar refractivity (Wildman–Crippen MR) is 132 cm³/mol. The zero-order chi connectivity index (χ0) is 25.1. The largest absolute Gasteiger partial charge is 0.481 e. The summed E-state index contributed by atoms with van der Waals surface area (Å²) < 4.78 is 19.0. The molecule has 1 aliphatic rings. The molecule has 0 spiro atoms. The molecule has 1 atom stereocenters. The molecule has 1 unspecified atom stereocenters. The Bertz CT molecular complexity index is 1250. The first-order valence-electron chi connectivity index (χ1n) is 10.5. The van der Waals surface area contributed by atoms with Gasteiger partial charge in [0.15, 0.2) is 0 Å². The molecule has 0 saturated carbocycles. The molecular formula is C25H19BrClFN2O5. The van der Waals surface area contributed by atoms with Crippen molar-refractivity contribution in [3.63, 3.8) is 0 Å². The highest BCUT2D eigenvalue weighted by molar-refractivity contribution is 9.10. The summed E-state index contributed by atoms with van der Waals surface area (Å²) in [5.74, 6) is -2.99. The van der Waals surface area contributed by atoms with Crippen LogP contribution in [0.15, 0.2) is 65.1 Å². The molecule has 7 nitrogen and oxygen atoms in total. The lowest BCUT2D eigenvalue weighted by Crippen LogP contribution is -2.45. The number of hydrogen-bond acceptors (Lipinski definition) is 4. The van der Waals surface area contributed by atoms with Gasteiger partial charge in [-0.15, -0.1) is 0 Å². The van der Waals surface area contributed by atoms with Gasteiger partial charge in [-0.3, -0.25) is 9.59 Å². The molecule has 0 radical (unpaired) electrons. The van der Waals surface area contributed by atoms with Crippen molar-refractivity contribution in [2.75, 3.05) is 11.9 Å². The fourth-order valence-electron chi connectivity index (χ4n) is 4.04. The van der Waals surface area contributed by atoms with E-state index in [9.17, 15) is 23.9 Å². The minimum absolute atomic E-state index is 0.00336. The van der Waals surface area contributed by atoms with Crippen molar-refractivity contribution in [2.45, 2.75) is 18.4 Å². The standard InChI is InChI=1S/C25H19BrClFN2O5/c26-19-9-13(28)10-20(27)23(19)30-24(33)21(11-22(31)32)29-25(34)35-12-18-16-7-3-1-5-14(16)15-6-2-4-8-17(15)18/h1-10,18,21H,11-12H2,(H,29,34)(H,30,33)(H,31,32). The van der Waals surface area contributed by atoms with Crippen molar-refractivity contribution in [1.82, 2.24) is 5.32 Å². The highest BCUT2D eigenvalue weighted by atomic mass is 79.9. The third-order valence-corrected chi connectivity index (χ3v) is 6.51. The van der Waals surface area contributed by atoms with E-state index in [2.05, 4.69) is 26.6 Å². The number of rotatable bonds is 7. The third kappa shape index (κ3) is 5.47. The van der Waals surface area contributed by atoms with Crippen molar-refractivity contribution in [2.24, 2.45) is 0 Å². The Balaban J connectivity index is 1.45. The Morgan fingerprint density at radius 2 is 1.66 bits per heavy atom. The molecule has 0 heterocycles. The number of amides is 2. The number of carboxylic acid groups (broad SMARTS) is 1. The summed E-state index contributed by atoms with van der Waals surface area (Å²) in [6.07, 6.45) is -1.65. The third-order valence-electron chi connectivity index (χ3n) is 5.59. The molecule has 2 amide bonds. The molecule has 0 fully saturated rings. The van der Waals surface area contributed by atoms with Gasteiger partial charge in [0.25, 0.3) is 0 Å². The van der Waals surface area contributed by atoms with Gasteiger partial charge >= 0.3 is 12.1 Å². The molecule has 3 aromatic carbocycles. The zero-order valence-corrected chi connectivity index (χ0v) is 20.4. The fraction of sp³-hybridized carbons (Fsp3) is 0.160. The topological polar surface area (TPSA) is 105 Å². The van der Waals surface area contributed by atoms with E-state index >= 15 is 0 Å². The van der Waals surface area contributed by atoms with E-state index in [1.54, 1.807) is 0 Å². The van der Waals surface area contributed by atoms with Crippen LogP contribution in [0.5, 0.6) is 0 Å². The van der Waals surface area contributed by atoms with E-state index in [4.69, 9.17) is 16.3 Å². The average molecular weight is 562 g/mol. The van der Waals surface area contributed by atoms with E-state index in [-0.39, 0.29) is 27.7 Å². The van der Waals surface area contributed by atoms with Gasteiger partial charge in [-0.2, -0.15) is 0 Å². The summed E-state index contributed by atoms with van der Waals surface area (Å²) in [7, 11) is 0. The summed E-state index contributed by atoms with van der Waals surface area (Å²) in [4.78, 5) is 36.6. The van der Waals surface area contributed by atoms with Gasteiger partial charge in [-0.25, -0.2) is 9.18 Å². The molecule has 0 saturated heterocycles. The molecular weight excluding hydrogens is 543 g/mol. The zero-order valence-electron chi connectivity index (χ0n) is 18.1. The van der Waals surface area contributed by atoms with Gasteiger partial charge in [0.1, 0.15) is 18.5 Å². The number of nitrogens with one attached hydrogen (secondary N) is 2. The Labute approximate surface area is 213 Å².